The summed E-state index contributed by atoms with van der Waals surface area (Å²) in [6, 6.07) is 2.83. The van der Waals surface area contributed by atoms with Gasteiger partial charge in [0.05, 0.1) is 4.92 Å². The Morgan fingerprint density at radius 1 is 1.77 bits per heavy atom. The molecule has 0 radical (unpaired) electrons. The molecule has 0 amide bonds. The second-order valence-electron chi connectivity index (χ2n) is 2.10. The Balaban J connectivity index is 3.23. The zero-order valence-electron chi connectivity index (χ0n) is 6.39. The van der Waals surface area contributed by atoms with Crippen LogP contribution >= 0.6 is 0 Å². The minimum atomic E-state index is -0.631. The van der Waals surface area contributed by atoms with Gasteiger partial charge in [0.25, 0.3) is 5.69 Å². The van der Waals surface area contributed by atoms with Crippen LogP contribution in [0.4, 0.5) is 11.5 Å². The zero-order valence-corrected chi connectivity index (χ0v) is 6.39. The van der Waals surface area contributed by atoms with Crippen molar-refractivity contribution in [1.29, 1.82) is 5.26 Å². The highest BCUT2D eigenvalue weighted by atomic mass is 16.6. The summed E-state index contributed by atoms with van der Waals surface area (Å²) < 4.78 is 0. The van der Waals surface area contributed by atoms with Crippen molar-refractivity contribution < 1.29 is 4.92 Å². The molecule has 0 saturated heterocycles. The highest BCUT2D eigenvalue weighted by molar-refractivity contribution is 5.54. The number of hydrogen-bond acceptors (Lipinski definition) is 6. The van der Waals surface area contributed by atoms with E-state index in [4.69, 9.17) is 11.1 Å². The van der Waals surface area contributed by atoms with Crippen molar-refractivity contribution in [3.05, 3.63) is 27.9 Å². The van der Waals surface area contributed by atoms with E-state index in [1.165, 1.54) is 0 Å². The second-order valence-corrected chi connectivity index (χ2v) is 2.10. The number of nitrogens with one attached hydrogen (secondary N) is 1. The van der Waals surface area contributed by atoms with Crippen LogP contribution in [0, 0.1) is 21.4 Å². The Bertz CT molecular complexity index is 383. The predicted octanol–water partition coefficient (Wildman–Crippen LogP) is 0.147. The van der Waals surface area contributed by atoms with E-state index in [9.17, 15) is 10.1 Å². The van der Waals surface area contributed by atoms with E-state index < -0.39 is 4.92 Å². The van der Waals surface area contributed by atoms with Crippen molar-refractivity contribution >= 4 is 11.5 Å². The molecular weight excluding hydrogens is 174 g/mol. The van der Waals surface area contributed by atoms with Gasteiger partial charge >= 0.3 is 0 Å². The first-order valence-corrected chi connectivity index (χ1v) is 3.20. The molecule has 66 valence electrons. The fraction of sp³-hybridized carbons (Fsp3) is 0. The van der Waals surface area contributed by atoms with Crippen LogP contribution in [-0.4, -0.2) is 9.91 Å². The summed E-state index contributed by atoms with van der Waals surface area (Å²) in [6.45, 7) is 0. The number of rotatable bonds is 2. The van der Waals surface area contributed by atoms with Crippen molar-refractivity contribution in [2.24, 2.45) is 5.84 Å². The quantitative estimate of drug-likeness (QED) is 0.379. The van der Waals surface area contributed by atoms with Crippen molar-refractivity contribution in [3.8, 4) is 6.07 Å². The fourth-order valence-corrected chi connectivity index (χ4v) is 0.754. The first kappa shape index (κ1) is 8.89. The molecule has 3 N–H and O–H groups in total. The summed E-state index contributed by atoms with van der Waals surface area (Å²) >= 11 is 0. The van der Waals surface area contributed by atoms with Gasteiger partial charge in [-0.2, -0.15) is 5.26 Å². The van der Waals surface area contributed by atoms with Crippen LogP contribution < -0.4 is 11.3 Å². The molecule has 0 aliphatic rings. The van der Waals surface area contributed by atoms with Gasteiger partial charge in [0, 0.05) is 6.07 Å². The first-order valence-electron chi connectivity index (χ1n) is 3.20. The number of anilines is 1. The van der Waals surface area contributed by atoms with Gasteiger partial charge in [-0.05, 0) is 0 Å². The van der Waals surface area contributed by atoms with Crippen molar-refractivity contribution in [2.45, 2.75) is 0 Å². The minimum Gasteiger partial charge on any atom is -0.307 e. The molecule has 7 nitrogen and oxygen atoms in total. The molecule has 1 rings (SSSR count). The molecule has 0 aromatic carbocycles. The summed E-state index contributed by atoms with van der Waals surface area (Å²) in [5, 5.41) is 18.8. The largest absolute Gasteiger partial charge is 0.307 e. The van der Waals surface area contributed by atoms with Gasteiger partial charge in [0.15, 0.2) is 5.82 Å². The Labute approximate surface area is 72.9 Å². The SMILES string of the molecule is N#Cc1cc([N+](=O)[O-])cnc1NN. The lowest BCUT2D eigenvalue weighted by atomic mass is 10.2. The molecule has 0 atom stereocenters. The van der Waals surface area contributed by atoms with Crippen molar-refractivity contribution in [1.82, 2.24) is 4.98 Å². The highest BCUT2D eigenvalue weighted by Crippen LogP contribution is 2.16. The third-order valence-corrected chi connectivity index (χ3v) is 1.34. The molecule has 1 heterocycles. The smallest absolute Gasteiger partial charge is 0.289 e. The number of nitriles is 1. The lowest BCUT2D eigenvalue weighted by molar-refractivity contribution is -0.385. The summed E-state index contributed by atoms with van der Waals surface area (Å²) in [5.41, 5.74) is 1.95. The van der Waals surface area contributed by atoms with Crippen molar-refractivity contribution in [2.75, 3.05) is 5.43 Å². The third kappa shape index (κ3) is 1.69. The van der Waals surface area contributed by atoms with Gasteiger partial charge in [-0.3, -0.25) is 10.1 Å². The Kier molecular flexibility index (Phi) is 2.37. The first-order chi connectivity index (χ1) is 6.19. The molecular formula is C6H5N5O2. The number of nitro groups is 1. The number of aromatic nitrogens is 1. The molecule has 1 aromatic heterocycles. The summed E-state index contributed by atoms with van der Waals surface area (Å²) in [6.07, 6.45) is 1.02. The zero-order chi connectivity index (χ0) is 9.84. The average Bonchev–Trinajstić information content (AvgIpc) is 2.16. The molecule has 0 aliphatic heterocycles. The molecule has 0 spiro atoms. The van der Waals surface area contributed by atoms with E-state index in [1.807, 2.05) is 0 Å². The van der Waals surface area contributed by atoms with E-state index in [2.05, 4.69) is 10.4 Å². The molecule has 0 saturated carbocycles. The monoisotopic (exact) mass is 179 g/mol. The van der Waals surface area contributed by atoms with Crippen molar-refractivity contribution in [3.63, 3.8) is 0 Å². The molecule has 13 heavy (non-hydrogen) atoms. The maximum atomic E-state index is 10.3. The van der Waals surface area contributed by atoms with Crippen LogP contribution in [0.5, 0.6) is 0 Å². The topological polar surface area (TPSA) is 118 Å². The number of hydrogen-bond donors (Lipinski definition) is 2. The van der Waals surface area contributed by atoms with Gasteiger partial charge in [0.1, 0.15) is 17.8 Å². The van der Waals surface area contributed by atoms with E-state index >= 15 is 0 Å². The van der Waals surface area contributed by atoms with E-state index in [-0.39, 0.29) is 17.1 Å². The lowest BCUT2D eigenvalue weighted by Gasteiger charge is -1.99. The summed E-state index contributed by atoms with van der Waals surface area (Å²) in [4.78, 5) is 13.2. The Morgan fingerprint density at radius 3 is 2.92 bits per heavy atom. The molecule has 0 bridgehead atoms. The Morgan fingerprint density at radius 2 is 2.46 bits per heavy atom. The fourth-order valence-electron chi connectivity index (χ4n) is 0.754. The maximum absolute atomic E-state index is 10.3. The molecule has 7 heteroatoms. The predicted molar refractivity (Wildman–Crippen MR) is 43.4 cm³/mol. The normalized spacial score (nSPS) is 8.92. The number of nitrogens with two attached hydrogens (primary N) is 1. The van der Waals surface area contributed by atoms with Gasteiger partial charge < -0.3 is 5.43 Å². The highest BCUT2D eigenvalue weighted by Gasteiger charge is 2.10. The molecule has 0 fully saturated rings. The summed E-state index contributed by atoms with van der Waals surface area (Å²) in [5.74, 6) is 5.14. The van der Waals surface area contributed by atoms with Crippen LogP contribution in [0.15, 0.2) is 12.3 Å². The number of hydrazine groups is 1. The second kappa shape index (κ2) is 3.46. The van der Waals surface area contributed by atoms with Crippen LogP contribution in [0.2, 0.25) is 0 Å². The van der Waals surface area contributed by atoms with Crippen LogP contribution in [0.1, 0.15) is 5.56 Å². The van der Waals surface area contributed by atoms with Gasteiger partial charge in [-0.25, -0.2) is 10.8 Å². The standard InChI is InChI=1S/C6H5N5O2/c7-2-4-1-5(11(12)13)3-9-6(4)10-8/h1,3H,8H2,(H,9,10). The van der Waals surface area contributed by atoms with E-state index in [0.29, 0.717) is 0 Å². The number of pyridine rings is 1. The maximum Gasteiger partial charge on any atom is 0.289 e. The molecule has 0 unspecified atom stereocenters. The van der Waals surface area contributed by atoms with E-state index in [0.717, 1.165) is 12.3 Å². The molecule has 0 aliphatic carbocycles. The van der Waals surface area contributed by atoms with Crippen LogP contribution in [0.25, 0.3) is 0 Å². The Hall–Kier alpha value is -2.20. The number of nitrogens with zero attached hydrogens (tertiary/aromatic N) is 3. The number of nitrogen functional groups attached to an aromatic ring is 1. The van der Waals surface area contributed by atoms with E-state index in [1.54, 1.807) is 6.07 Å². The van der Waals surface area contributed by atoms with Gasteiger partial charge in [-0.15, -0.1) is 0 Å². The van der Waals surface area contributed by atoms with Crippen LogP contribution in [-0.2, 0) is 0 Å². The van der Waals surface area contributed by atoms with Crippen LogP contribution in [0.3, 0.4) is 0 Å². The lowest BCUT2D eigenvalue weighted by Crippen LogP contribution is -2.10. The molecule has 1 aromatic rings. The summed E-state index contributed by atoms with van der Waals surface area (Å²) in [7, 11) is 0. The minimum absolute atomic E-state index is 0.0386. The van der Waals surface area contributed by atoms with Gasteiger partial charge in [0.2, 0.25) is 0 Å². The average molecular weight is 179 g/mol. The third-order valence-electron chi connectivity index (χ3n) is 1.34. The van der Waals surface area contributed by atoms with Gasteiger partial charge in [-0.1, -0.05) is 0 Å².